The molecule has 192 valence electrons. The molecule has 0 bridgehead atoms. The van der Waals surface area contributed by atoms with Gasteiger partial charge >= 0.3 is 11.6 Å². The number of aliphatic carboxylic acids is 1. The Morgan fingerprint density at radius 1 is 0.973 bits per heavy atom. The molecule has 4 rings (SSSR count). The number of aryl methyl sites for hydroxylation is 2. The second-order valence-corrected chi connectivity index (χ2v) is 9.43. The van der Waals surface area contributed by atoms with Gasteiger partial charge in [0.05, 0.1) is 24.8 Å². The van der Waals surface area contributed by atoms with Crippen molar-refractivity contribution in [1.29, 1.82) is 0 Å². The van der Waals surface area contributed by atoms with Crippen LogP contribution in [-0.2, 0) is 20.8 Å². The van der Waals surface area contributed by atoms with Gasteiger partial charge in [-0.2, -0.15) is 0 Å². The first-order valence-corrected chi connectivity index (χ1v) is 11.9. The van der Waals surface area contributed by atoms with Gasteiger partial charge in [0.2, 0.25) is 11.8 Å². The van der Waals surface area contributed by atoms with Gasteiger partial charge in [0.25, 0.3) is 0 Å². The lowest BCUT2D eigenvalue weighted by atomic mass is 9.99. The van der Waals surface area contributed by atoms with Crippen LogP contribution in [0.25, 0.3) is 33.1 Å². The van der Waals surface area contributed by atoms with Crippen LogP contribution >= 0.6 is 0 Å². The van der Waals surface area contributed by atoms with Gasteiger partial charge in [-0.25, -0.2) is 9.59 Å². The highest BCUT2D eigenvalue weighted by atomic mass is 16.4. The maximum absolute atomic E-state index is 12.7. The molecule has 9 heteroatoms. The van der Waals surface area contributed by atoms with E-state index in [9.17, 15) is 24.3 Å². The number of carbonyl (C=O) groups excluding carboxylic acids is 2. The second kappa shape index (κ2) is 10.3. The number of nitrogens with one attached hydrogen (secondary N) is 2. The zero-order chi connectivity index (χ0) is 26.9. The maximum atomic E-state index is 12.7. The Kier molecular flexibility index (Phi) is 7.15. The van der Waals surface area contributed by atoms with E-state index in [0.29, 0.717) is 22.1 Å². The van der Waals surface area contributed by atoms with Crippen LogP contribution in [-0.4, -0.2) is 35.5 Å². The van der Waals surface area contributed by atoms with Gasteiger partial charge in [-0.15, -0.1) is 0 Å². The molecule has 0 saturated carbocycles. The van der Waals surface area contributed by atoms with Crippen LogP contribution in [0.5, 0.6) is 0 Å². The average Bonchev–Trinajstić information content (AvgIpc) is 3.25. The zero-order valence-corrected chi connectivity index (χ0v) is 21.0. The average molecular weight is 505 g/mol. The number of rotatable bonds is 8. The molecule has 2 heterocycles. The highest BCUT2D eigenvalue weighted by Crippen LogP contribution is 2.34. The first kappa shape index (κ1) is 25.7. The van der Waals surface area contributed by atoms with Crippen LogP contribution in [0.1, 0.15) is 30.5 Å². The summed E-state index contributed by atoms with van der Waals surface area (Å²) >= 11 is 0. The molecule has 9 nitrogen and oxygen atoms in total. The molecule has 1 atom stereocenters. The minimum Gasteiger partial charge on any atom is -0.480 e. The van der Waals surface area contributed by atoms with E-state index in [4.69, 9.17) is 8.83 Å². The number of benzene rings is 2. The van der Waals surface area contributed by atoms with Gasteiger partial charge in [0.15, 0.2) is 0 Å². The predicted molar refractivity (Wildman–Crippen MR) is 138 cm³/mol. The molecule has 0 aliphatic heterocycles. The Morgan fingerprint density at radius 2 is 1.68 bits per heavy atom. The zero-order valence-electron chi connectivity index (χ0n) is 21.0. The van der Waals surface area contributed by atoms with E-state index in [-0.39, 0.29) is 17.9 Å². The fourth-order valence-electron chi connectivity index (χ4n) is 4.21. The molecule has 3 N–H and O–H groups in total. The molecule has 0 radical (unpaired) electrons. The number of amides is 2. The minimum absolute atomic E-state index is 0.177. The number of furan rings is 1. The van der Waals surface area contributed by atoms with E-state index in [2.05, 4.69) is 10.6 Å². The number of carboxylic acids is 1. The van der Waals surface area contributed by atoms with Crippen LogP contribution < -0.4 is 16.3 Å². The SMILES string of the molecule is Cc1ccc(-c2coc3cc4oc(=O)c(CC(=O)NCC(=O)N[C@@H](C(=O)O)C(C)C)c(C)c4cc23)cc1. The summed E-state index contributed by atoms with van der Waals surface area (Å²) in [5.41, 5.74) is 4.06. The van der Waals surface area contributed by atoms with Gasteiger partial charge in [0.1, 0.15) is 17.2 Å². The van der Waals surface area contributed by atoms with Gasteiger partial charge in [-0.05, 0) is 37.0 Å². The lowest BCUT2D eigenvalue weighted by Crippen LogP contribution is -2.48. The smallest absolute Gasteiger partial charge is 0.340 e. The van der Waals surface area contributed by atoms with Crippen molar-refractivity contribution in [2.45, 2.75) is 40.2 Å². The summed E-state index contributed by atoms with van der Waals surface area (Å²) in [4.78, 5) is 48.6. The van der Waals surface area contributed by atoms with Crippen molar-refractivity contribution in [3.05, 3.63) is 69.8 Å². The third-order valence-corrected chi connectivity index (χ3v) is 6.38. The molecule has 0 saturated heterocycles. The summed E-state index contributed by atoms with van der Waals surface area (Å²) in [5, 5.41) is 15.5. The summed E-state index contributed by atoms with van der Waals surface area (Å²) in [5.74, 6) is -2.68. The van der Waals surface area contributed by atoms with Crippen LogP contribution in [0.15, 0.2) is 56.3 Å². The first-order valence-electron chi connectivity index (χ1n) is 11.9. The number of fused-ring (bicyclic) bond motifs is 2. The number of carboxylic acid groups (broad SMARTS) is 1. The molecular formula is C28H28N2O7. The van der Waals surface area contributed by atoms with E-state index in [1.54, 1.807) is 33.1 Å². The molecule has 0 unspecified atom stereocenters. The minimum atomic E-state index is -1.16. The summed E-state index contributed by atoms with van der Waals surface area (Å²) in [6, 6.07) is 10.5. The van der Waals surface area contributed by atoms with Crippen LogP contribution in [0.3, 0.4) is 0 Å². The Balaban J connectivity index is 1.57. The molecule has 2 amide bonds. The highest BCUT2D eigenvalue weighted by molar-refractivity contribution is 6.02. The van der Waals surface area contributed by atoms with Crippen LogP contribution in [0.4, 0.5) is 0 Å². The molecule has 37 heavy (non-hydrogen) atoms. The molecule has 0 spiro atoms. The highest BCUT2D eigenvalue weighted by Gasteiger charge is 2.24. The van der Waals surface area contributed by atoms with E-state index >= 15 is 0 Å². The van der Waals surface area contributed by atoms with Crippen molar-refractivity contribution in [2.75, 3.05) is 6.54 Å². The molecule has 2 aromatic heterocycles. The van der Waals surface area contributed by atoms with E-state index in [1.165, 1.54) is 0 Å². The number of carbonyl (C=O) groups is 3. The number of hydrogen-bond donors (Lipinski definition) is 3. The van der Waals surface area contributed by atoms with Crippen molar-refractivity contribution in [3.8, 4) is 11.1 Å². The van der Waals surface area contributed by atoms with E-state index < -0.39 is 36.0 Å². The Morgan fingerprint density at radius 3 is 2.32 bits per heavy atom. The molecule has 2 aromatic carbocycles. The Bertz CT molecular complexity index is 1560. The van der Waals surface area contributed by atoms with Crippen molar-refractivity contribution >= 4 is 39.7 Å². The molecule has 0 aliphatic carbocycles. The van der Waals surface area contributed by atoms with E-state index in [1.807, 2.05) is 37.3 Å². The summed E-state index contributed by atoms with van der Waals surface area (Å²) in [6.45, 7) is 6.68. The van der Waals surface area contributed by atoms with Gasteiger partial charge in [-0.3, -0.25) is 9.59 Å². The maximum Gasteiger partial charge on any atom is 0.340 e. The molecule has 0 aliphatic rings. The monoisotopic (exact) mass is 504 g/mol. The van der Waals surface area contributed by atoms with Crippen molar-refractivity contribution in [2.24, 2.45) is 5.92 Å². The summed E-state index contributed by atoms with van der Waals surface area (Å²) in [6.07, 6.45) is 1.37. The lowest BCUT2D eigenvalue weighted by molar-refractivity contribution is -0.143. The molecular weight excluding hydrogens is 476 g/mol. The van der Waals surface area contributed by atoms with Crippen molar-refractivity contribution in [3.63, 3.8) is 0 Å². The summed E-state index contributed by atoms with van der Waals surface area (Å²) in [7, 11) is 0. The Labute approximate surface area is 212 Å². The number of hydrogen-bond acceptors (Lipinski definition) is 6. The normalized spacial score (nSPS) is 12.1. The Hall–Kier alpha value is -4.40. The van der Waals surface area contributed by atoms with Crippen LogP contribution in [0, 0.1) is 19.8 Å². The molecule has 4 aromatic rings. The largest absolute Gasteiger partial charge is 0.480 e. The predicted octanol–water partition coefficient (Wildman–Crippen LogP) is 3.71. The van der Waals surface area contributed by atoms with Gasteiger partial charge in [0, 0.05) is 22.4 Å². The fraction of sp³-hybridized carbons (Fsp3) is 0.286. The standard InChI is InChI=1S/C28H28N2O7/c1-14(2)26(27(33)34)30-25(32)12-29-24(31)10-19-16(4)18-9-20-21(17-7-5-15(3)6-8-17)13-36-22(20)11-23(18)37-28(19)35/h5-9,11,13-14,26H,10,12H2,1-4H3,(H,29,31)(H,30,32)(H,33,34)/t26-/m1/s1. The molecule has 0 fully saturated rings. The quantitative estimate of drug-likeness (QED) is 0.311. The van der Waals surface area contributed by atoms with Crippen molar-refractivity contribution in [1.82, 2.24) is 10.6 Å². The topological polar surface area (TPSA) is 139 Å². The van der Waals surface area contributed by atoms with Gasteiger partial charge in [-0.1, -0.05) is 43.7 Å². The fourth-order valence-corrected chi connectivity index (χ4v) is 4.21. The second-order valence-electron chi connectivity index (χ2n) is 9.43. The summed E-state index contributed by atoms with van der Waals surface area (Å²) < 4.78 is 11.2. The third-order valence-electron chi connectivity index (χ3n) is 6.38. The lowest BCUT2D eigenvalue weighted by Gasteiger charge is -2.18. The van der Waals surface area contributed by atoms with Gasteiger partial charge < -0.3 is 24.6 Å². The van der Waals surface area contributed by atoms with E-state index in [0.717, 1.165) is 22.1 Å². The third kappa shape index (κ3) is 5.40. The first-order chi connectivity index (χ1) is 17.5. The van der Waals surface area contributed by atoms with Crippen LogP contribution in [0.2, 0.25) is 0 Å². The van der Waals surface area contributed by atoms with Crippen molar-refractivity contribution < 1.29 is 28.3 Å².